The first-order valence-electron chi connectivity index (χ1n) is 5.92. The van der Waals surface area contributed by atoms with Crippen molar-refractivity contribution in [3.63, 3.8) is 0 Å². The van der Waals surface area contributed by atoms with E-state index >= 15 is 0 Å². The fourth-order valence-electron chi connectivity index (χ4n) is 2.34. The van der Waals surface area contributed by atoms with Gasteiger partial charge >= 0.3 is 5.76 Å². The smallest absolute Gasteiger partial charge is 0.408 e. The fraction of sp³-hybridized carbons (Fsp3) is 0.417. The van der Waals surface area contributed by atoms with E-state index in [4.69, 9.17) is 14.9 Å². The molecule has 1 unspecified atom stereocenters. The van der Waals surface area contributed by atoms with Gasteiger partial charge in [-0.05, 0) is 13.0 Å². The number of aromatic nitrogens is 1. The lowest BCUT2D eigenvalue weighted by molar-refractivity contribution is 0.0990. The highest BCUT2D eigenvalue weighted by Gasteiger charge is 2.21. The van der Waals surface area contributed by atoms with Crippen molar-refractivity contribution in [3.8, 4) is 0 Å². The molecule has 0 amide bonds. The second-order valence-electron chi connectivity index (χ2n) is 4.54. The molecule has 0 saturated carbocycles. The number of aromatic amines is 1. The lowest BCUT2D eigenvalue weighted by Crippen LogP contribution is -2.44. The van der Waals surface area contributed by atoms with Crippen LogP contribution in [0.5, 0.6) is 0 Å². The van der Waals surface area contributed by atoms with Crippen LogP contribution in [0, 0.1) is 0 Å². The van der Waals surface area contributed by atoms with Gasteiger partial charge in [-0.25, -0.2) is 4.79 Å². The summed E-state index contributed by atoms with van der Waals surface area (Å²) in [5, 5.41) is 0. The molecule has 18 heavy (non-hydrogen) atoms. The second-order valence-corrected chi connectivity index (χ2v) is 4.54. The van der Waals surface area contributed by atoms with Crippen molar-refractivity contribution in [3.05, 3.63) is 22.7 Å². The highest BCUT2D eigenvalue weighted by atomic mass is 16.5. The topological polar surface area (TPSA) is 84.5 Å². The van der Waals surface area contributed by atoms with Gasteiger partial charge < -0.3 is 19.8 Å². The van der Waals surface area contributed by atoms with Crippen molar-refractivity contribution in [2.75, 3.05) is 30.4 Å². The zero-order chi connectivity index (χ0) is 12.7. The van der Waals surface area contributed by atoms with Crippen molar-refractivity contribution in [2.24, 2.45) is 0 Å². The fourth-order valence-corrected chi connectivity index (χ4v) is 2.34. The number of nitrogens with two attached hydrogens (primary N) is 1. The minimum absolute atomic E-state index is 0.261. The average Bonchev–Trinajstić information content (AvgIpc) is 2.68. The number of oxazole rings is 1. The van der Waals surface area contributed by atoms with Crippen LogP contribution in [-0.2, 0) is 4.74 Å². The van der Waals surface area contributed by atoms with Crippen LogP contribution in [0.1, 0.15) is 6.92 Å². The van der Waals surface area contributed by atoms with E-state index in [1.165, 1.54) is 0 Å². The van der Waals surface area contributed by atoms with Crippen LogP contribution < -0.4 is 16.4 Å². The molecule has 6 nitrogen and oxygen atoms in total. The van der Waals surface area contributed by atoms with Gasteiger partial charge in [0.15, 0.2) is 5.58 Å². The SMILES string of the molecule is CC1COCCN1c1cc2[nH]c(=O)oc2cc1N. The Balaban J connectivity index is 2.09. The number of nitrogens with one attached hydrogen (secondary N) is 1. The number of ether oxygens (including phenoxy) is 1. The standard InChI is InChI=1S/C12H15N3O3/c1-7-6-17-3-2-15(7)10-5-9-11(4-8(10)13)18-12(16)14-9/h4-5,7H,2-3,6,13H2,1H3,(H,14,16). The maximum atomic E-state index is 11.2. The lowest BCUT2D eigenvalue weighted by Gasteiger charge is -2.35. The minimum atomic E-state index is -0.462. The van der Waals surface area contributed by atoms with Crippen LogP contribution in [0.15, 0.2) is 21.3 Å². The predicted molar refractivity (Wildman–Crippen MR) is 68.9 cm³/mol. The third-order valence-electron chi connectivity index (χ3n) is 3.25. The Hall–Kier alpha value is -1.95. The van der Waals surface area contributed by atoms with Gasteiger partial charge in [-0.1, -0.05) is 0 Å². The molecule has 1 aliphatic rings. The Kier molecular flexibility index (Phi) is 2.52. The van der Waals surface area contributed by atoms with Crippen molar-refractivity contribution >= 4 is 22.5 Å². The van der Waals surface area contributed by atoms with Gasteiger partial charge in [-0.15, -0.1) is 0 Å². The first-order chi connectivity index (χ1) is 8.65. The summed E-state index contributed by atoms with van der Waals surface area (Å²) in [5.41, 5.74) is 8.71. The highest BCUT2D eigenvalue weighted by molar-refractivity contribution is 5.85. The molecule has 0 radical (unpaired) electrons. The van der Waals surface area contributed by atoms with E-state index in [1.54, 1.807) is 6.07 Å². The number of morpholine rings is 1. The largest absolute Gasteiger partial charge is 0.417 e. The Labute approximate surface area is 103 Å². The minimum Gasteiger partial charge on any atom is -0.408 e. The number of nitrogens with zero attached hydrogens (tertiary/aromatic N) is 1. The molecule has 1 aromatic heterocycles. The van der Waals surface area contributed by atoms with Gasteiger partial charge in [0.1, 0.15) is 0 Å². The van der Waals surface area contributed by atoms with Crippen molar-refractivity contribution in [1.82, 2.24) is 4.98 Å². The summed E-state index contributed by atoms with van der Waals surface area (Å²) < 4.78 is 10.4. The Morgan fingerprint density at radius 2 is 2.33 bits per heavy atom. The lowest BCUT2D eigenvalue weighted by atomic mass is 10.1. The van der Waals surface area contributed by atoms with Gasteiger partial charge in [0.25, 0.3) is 0 Å². The molecule has 96 valence electrons. The summed E-state index contributed by atoms with van der Waals surface area (Å²) in [7, 11) is 0. The third-order valence-corrected chi connectivity index (χ3v) is 3.25. The van der Waals surface area contributed by atoms with Crippen molar-refractivity contribution in [2.45, 2.75) is 13.0 Å². The van der Waals surface area contributed by atoms with Gasteiger partial charge in [0.2, 0.25) is 0 Å². The number of H-pyrrole nitrogens is 1. The number of hydrogen-bond donors (Lipinski definition) is 2. The summed E-state index contributed by atoms with van der Waals surface area (Å²) in [6, 6.07) is 3.81. The second kappa shape index (κ2) is 4.06. The molecule has 3 N–H and O–H groups in total. The van der Waals surface area contributed by atoms with Crippen molar-refractivity contribution in [1.29, 1.82) is 0 Å². The molecular formula is C12H15N3O3. The number of fused-ring (bicyclic) bond motifs is 1. The zero-order valence-electron chi connectivity index (χ0n) is 10.1. The number of rotatable bonds is 1. The molecule has 1 aromatic carbocycles. The molecule has 0 bridgehead atoms. The predicted octanol–water partition coefficient (Wildman–Crippen LogP) is 0.928. The average molecular weight is 249 g/mol. The van der Waals surface area contributed by atoms with Crippen molar-refractivity contribution < 1.29 is 9.15 Å². The van der Waals surface area contributed by atoms with E-state index < -0.39 is 5.76 Å². The summed E-state index contributed by atoms with van der Waals surface area (Å²) in [5.74, 6) is -0.462. The van der Waals surface area contributed by atoms with E-state index in [9.17, 15) is 4.79 Å². The maximum absolute atomic E-state index is 11.2. The van der Waals surface area contributed by atoms with E-state index in [1.807, 2.05) is 6.07 Å². The van der Waals surface area contributed by atoms with Crippen LogP contribution in [0.4, 0.5) is 11.4 Å². The molecule has 2 aromatic rings. The molecule has 1 atom stereocenters. The Morgan fingerprint density at radius 3 is 3.11 bits per heavy atom. The zero-order valence-corrected chi connectivity index (χ0v) is 10.1. The number of hydrogen-bond acceptors (Lipinski definition) is 5. The summed E-state index contributed by atoms with van der Waals surface area (Å²) in [4.78, 5) is 16.0. The van der Waals surface area contributed by atoms with Crippen LogP contribution in [0.3, 0.4) is 0 Å². The Morgan fingerprint density at radius 1 is 1.50 bits per heavy atom. The molecule has 2 heterocycles. The molecular weight excluding hydrogens is 234 g/mol. The molecule has 1 aliphatic heterocycles. The molecule has 0 spiro atoms. The molecule has 1 saturated heterocycles. The number of nitrogen functional groups attached to an aromatic ring is 1. The summed E-state index contributed by atoms with van der Waals surface area (Å²) in [6.07, 6.45) is 0. The van der Waals surface area contributed by atoms with Gasteiger partial charge in [0, 0.05) is 18.7 Å². The first-order valence-corrected chi connectivity index (χ1v) is 5.92. The molecule has 6 heteroatoms. The Bertz CT molecular complexity index is 631. The van der Waals surface area contributed by atoms with E-state index in [-0.39, 0.29) is 6.04 Å². The van der Waals surface area contributed by atoms with Gasteiger partial charge in [-0.2, -0.15) is 0 Å². The van der Waals surface area contributed by atoms with Gasteiger partial charge in [0.05, 0.1) is 30.1 Å². The van der Waals surface area contributed by atoms with E-state index in [0.717, 1.165) is 12.2 Å². The molecule has 3 rings (SSSR count). The first kappa shape index (κ1) is 11.2. The van der Waals surface area contributed by atoms with Crippen LogP contribution in [0.2, 0.25) is 0 Å². The summed E-state index contributed by atoms with van der Waals surface area (Å²) >= 11 is 0. The molecule has 1 fully saturated rings. The van der Waals surface area contributed by atoms with E-state index in [2.05, 4.69) is 16.8 Å². The van der Waals surface area contributed by atoms with Crippen LogP contribution in [0.25, 0.3) is 11.1 Å². The van der Waals surface area contributed by atoms with E-state index in [0.29, 0.717) is 30.0 Å². The monoisotopic (exact) mass is 249 g/mol. The van der Waals surface area contributed by atoms with Gasteiger partial charge in [-0.3, -0.25) is 4.98 Å². The van der Waals surface area contributed by atoms with Crippen LogP contribution in [-0.4, -0.2) is 30.8 Å². The maximum Gasteiger partial charge on any atom is 0.417 e. The number of anilines is 2. The summed E-state index contributed by atoms with van der Waals surface area (Å²) in [6.45, 7) is 4.24. The number of benzene rings is 1. The normalized spacial score (nSPS) is 20.5. The molecule has 0 aliphatic carbocycles. The van der Waals surface area contributed by atoms with Crippen LogP contribution >= 0.6 is 0 Å². The third kappa shape index (κ3) is 1.74. The quantitative estimate of drug-likeness (QED) is 0.734. The highest BCUT2D eigenvalue weighted by Crippen LogP contribution is 2.30.